The lowest BCUT2D eigenvalue weighted by Crippen LogP contribution is -2.31. The molecule has 0 fully saturated rings. The molecule has 0 aromatic heterocycles. The maximum atomic E-state index is 11.9. The predicted octanol–water partition coefficient (Wildman–Crippen LogP) is 4.47. The van der Waals surface area contributed by atoms with Gasteiger partial charge in [-0.2, -0.15) is 0 Å². The molecule has 1 N–H and O–H groups in total. The standard InChI is InChI=1S/C16H15Br2NO2/c1-11(14-7-2-3-8-15(14)18)19-16(20)10-21-13-6-4-5-12(17)9-13/h2-9,11H,10H2,1H3,(H,19,20)/t11-/m1/s1. The Labute approximate surface area is 141 Å². The molecule has 0 saturated heterocycles. The van der Waals surface area contributed by atoms with Crippen molar-refractivity contribution in [3.63, 3.8) is 0 Å². The van der Waals surface area contributed by atoms with Crippen molar-refractivity contribution in [3.05, 3.63) is 63.0 Å². The van der Waals surface area contributed by atoms with E-state index < -0.39 is 0 Å². The third-order valence-corrected chi connectivity index (χ3v) is 4.13. The van der Waals surface area contributed by atoms with E-state index in [1.807, 2.05) is 55.5 Å². The van der Waals surface area contributed by atoms with E-state index in [2.05, 4.69) is 37.2 Å². The van der Waals surface area contributed by atoms with Gasteiger partial charge in [-0.3, -0.25) is 4.79 Å². The summed E-state index contributed by atoms with van der Waals surface area (Å²) in [6.45, 7) is 1.93. The van der Waals surface area contributed by atoms with Crippen LogP contribution in [0.4, 0.5) is 0 Å². The highest BCUT2D eigenvalue weighted by molar-refractivity contribution is 9.10. The Kier molecular flexibility index (Phi) is 5.82. The van der Waals surface area contributed by atoms with E-state index in [4.69, 9.17) is 4.74 Å². The largest absolute Gasteiger partial charge is 0.484 e. The van der Waals surface area contributed by atoms with Crippen LogP contribution in [-0.2, 0) is 4.79 Å². The van der Waals surface area contributed by atoms with Gasteiger partial charge in [0, 0.05) is 8.95 Å². The third-order valence-electron chi connectivity index (χ3n) is 2.92. The van der Waals surface area contributed by atoms with E-state index in [0.717, 1.165) is 14.5 Å². The fourth-order valence-corrected chi connectivity index (χ4v) is 2.90. The van der Waals surface area contributed by atoms with Crippen LogP contribution in [0.25, 0.3) is 0 Å². The van der Waals surface area contributed by atoms with Crippen molar-refractivity contribution in [2.75, 3.05) is 6.61 Å². The maximum Gasteiger partial charge on any atom is 0.258 e. The molecule has 110 valence electrons. The van der Waals surface area contributed by atoms with Crippen LogP contribution in [0, 0.1) is 0 Å². The lowest BCUT2D eigenvalue weighted by atomic mass is 10.1. The Morgan fingerprint density at radius 2 is 1.95 bits per heavy atom. The SMILES string of the molecule is C[C@@H](NC(=O)COc1cccc(Br)c1)c1ccccc1Br. The van der Waals surface area contributed by atoms with Gasteiger partial charge in [0.1, 0.15) is 5.75 Å². The van der Waals surface area contributed by atoms with Crippen molar-refractivity contribution >= 4 is 37.8 Å². The molecule has 0 saturated carbocycles. The molecule has 0 unspecified atom stereocenters. The van der Waals surface area contributed by atoms with Gasteiger partial charge in [-0.1, -0.05) is 56.1 Å². The molecule has 0 spiro atoms. The minimum absolute atomic E-state index is 0.00868. The van der Waals surface area contributed by atoms with Crippen LogP contribution >= 0.6 is 31.9 Å². The molecule has 0 heterocycles. The number of benzene rings is 2. The molecule has 21 heavy (non-hydrogen) atoms. The molecule has 0 aliphatic heterocycles. The summed E-state index contributed by atoms with van der Waals surface area (Å²) in [7, 11) is 0. The van der Waals surface area contributed by atoms with Gasteiger partial charge in [0.2, 0.25) is 0 Å². The van der Waals surface area contributed by atoms with E-state index in [9.17, 15) is 4.79 Å². The van der Waals surface area contributed by atoms with Gasteiger partial charge >= 0.3 is 0 Å². The Bertz CT molecular complexity index is 631. The second kappa shape index (κ2) is 7.61. The fourth-order valence-electron chi connectivity index (χ4n) is 1.89. The minimum atomic E-state index is -0.154. The van der Waals surface area contributed by atoms with Crippen molar-refractivity contribution in [1.29, 1.82) is 0 Å². The number of hydrogen-bond acceptors (Lipinski definition) is 2. The predicted molar refractivity (Wildman–Crippen MR) is 90.3 cm³/mol. The van der Waals surface area contributed by atoms with Gasteiger partial charge in [-0.05, 0) is 36.8 Å². The Hall–Kier alpha value is -1.33. The highest BCUT2D eigenvalue weighted by atomic mass is 79.9. The first-order valence-electron chi connectivity index (χ1n) is 6.48. The molecule has 0 aliphatic rings. The van der Waals surface area contributed by atoms with Crippen LogP contribution in [-0.4, -0.2) is 12.5 Å². The maximum absolute atomic E-state index is 11.9. The van der Waals surface area contributed by atoms with E-state index in [-0.39, 0.29) is 18.6 Å². The van der Waals surface area contributed by atoms with Crippen LogP contribution in [0.15, 0.2) is 57.5 Å². The molecule has 3 nitrogen and oxygen atoms in total. The summed E-state index contributed by atoms with van der Waals surface area (Å²) in [5.74, 6) is 0.506. The van der Waals surface area contributed by atoms with Crippen molar-refractivity contribution in [2.45, 2.75) is 13.0 Å². The van der Waals surface area contributed by atoms with Crippen LogP contribution in [0.2, 0.25) is 0 Å². The quantitative estimate of drug-likeness (QED) is 0.786. The molecule has 1 amide bonds. The number of carbonyl (C=O) groups is 1. The smallest absolute Gasteiger partial charge is 0.258 e. The van der Waals surface area contributed by atoms with Gasteiger partial charge < -0.3 is 10.1 Å². The second-order valence-electron chi connectivity index (χ2n) is 4.56. The van der Waals surface area contributed by atoms with Gasteiger partial charge in [0.15, 0.2) is 6.61 Å². The van der Waals surface area contributed by atoms with E-state index >= 15 is 0 Å². The Balaban J connectivity index is 1.89. The molecule has 5 heteroatoms. The monoisotopic (exact) mass is 411 g/mol. The van der Waals surface area contributed by atoms with Crippen LogP contribution < -0.4 is 10.1 Å². The number of rotatable bonds is 5. The molecular formula is C16H15Br2NO2. The highest BCUT2D eigenvalue weighted by Gasteiger charge is 2.12. The van der Waals surface area contributed by atoms with Crippen molar-refractivity contribution in [2.24, 2.45) is 0 Å². The Morgan fingerprint density at radius 3 is 2.67 bits per heavy atom. The van der Waals surface area contributed by atoms with E-state index in [0.29, 0.717) is 5.75 Å². The molecular weight excluding hydrogens is 398 g/mol. The summed E-state index contributed by atoms with van der Waals surface area (Å²) in [5, 5.41) is 2.92. The number of hydrogen-bond donors (Lipinski definition) is 1. The lowest BCUT2D eigenvalue weighted by Gasteiger charge is -2.16. The third kappa shape index (κ3) is 4.86. The molecule has 0 aliphatic carbocycles. The van der Waals surface area contributed by atoms with Gasteiger partial charge in [-0.25, -0.2) is 0 Å². The number of nitrogens with one attached hydrogen (secondary N) is 1. The number of amides is 1. The number of halogens is 2. The average molecular weight is 413 g/mol. The van der Waals surface area contributed by atoms with E-state index in [1.54, 1.807) is 0 Å². The Morgan fingerprint density at radius 1 is 1.19 bits per heavy atom. The topological polar surface area (TPSA) is 38.3 Å². The number of ether oxygens (including phenoxy) is 1. The molecule has 0 radical (unpaired) electrons. The zero-order chi connectivity index (χ0) is 15.2. The van der Waals surface area contributed by atoms with Crippen molar-refractivity contribution < 1.29 is 9.53 Å². The summed E-state index contributed by atoms with van der Waals surface area (Å²) in [4.78, 5) is 11.9. The summed E-state index contributed by atoms with van der Waals surface area (Å²) in [5.41, 5.74) is 1.04. The summed E-state index contributed by atoms with van der Waals surface area (Å²) >= 11 is 6.84. The van der Waals surface area contributed by atoms with Gasteiger partial charge in [-0.15, -0.1) is 0 Å². The van der Waals surface area contributed by atoms with Crippen molar-refractivity contribution in [3.8, 4) is 5.75 Å². The average Bonchev–Trinajstić information content (AvgIpc) is 2.45. The summed E-state index contributed by atoms with van der Waals surface area (Å²) in [6, 6.07) is 15.1. The molecule has 1 atom stereocenters. The first kappa shape index (κ1) is 16.0. The van der Waals surface area contributed by atoms with Crippen LogP contribution in [0.5, 0.6) is 5.75 Å². The lowest BCUT2D eigenvalue weighted by molar-refractivity contribution is -0.123. The normalized spacial score (nSPS) is 11.8. The van der Waals surface area contributed by atoms with Crippen LogP contribution in [0.3, 0.4) is 0 Å². The van der Waals surface area contributed by atoms with Gasteiger partial charge in [0.05, 0.1) is 6.04 Å². The molecule has 2 aromatic carbocycles. The zero-order valence-electron chi connectivity index (χ0n) is 11.5. The zero-order valence-corrected chi connectivity index (χ0v) is 14.6. The minimum Gasteiger partial charge on any atom is -0.484 e. The molecule has 2 rings (SSSR count). The fraction of sp³-hybridized carbons (Fsp3) is 0.188. The molecule has 0 bridgehead atoms. The summed E-state index contributed by atoms with van der Waals surface area (Å²) < 4.78 is 7.36. The highest BCUT2D eigenvalue weighted by Crippen LogP contribution is 2.22. The number of carbonyl (C=O) groups excluding carboxylic acids is 1. The molecule has 2 aromatic rings. The van der Waals surface area contributed by atoms with Crippen LogP contribution in [0.1, 0.15) is 18.5 Å². The van der Waals surface area contributed by atoms with Crippen molar-refractivity contribution in [1.82, 2.24) is 5.32 Å². The van der Waals surface area contributed by atoms with E-state index in [1.165, 1.54) is 0 Å². The first-order chi connectivity index (χ1) is 10.1. The second-order valence-corrected chi connectivity index (χ2v) is 6.33. The first-order valence-corrected chi connectivity index (χ1v) is 8.07. The summed E-state index contributed by atoms with van der Waals surface area (Å²) in [6.07, 6.45) is 0. The van der Waals surface area contributed by atoms with Gasteiger partial charge in [0.25, 0.3) is 5.91 Å².